The van der Waals surface area contributed by atoms with E-state index in [9.17, 15) is 8.42 Å². The van der Waals surface area contributed by atoms with Gasteiger partial charge in [-0.05, 0) is 42.8 Å². The molecule has 1 saturated heterocycles. The Hall–Kier alpha value is -1.57. The fourth-order valence-corrected chi connectivity index (χ4v) is 4.68. The third-order valence-electron chi connectivity index (χ3n) is 4.42. The highest BCUT2D eigenvalue weighted by atomic mass is 79.9. The summed E-state index contributed by atoms with van der Waals surface area (Å²) in [6.45, 7) is 4.14. The zero-order valence-corrected chi connectivity index (χ0v) is 16.7. The van der Waals surface area contributed by atoms with Crippen LogP contribution < -0.4 is 9.64 Å². The number of nitrogens with zero attached hydrogens (tertiary/aromatic N) is 2. The molecule has 0 spiro atoms. The summed E-state index contributed by atoms with van der Waals surface area (Å²) < 4.78 is 33.5. The summed E-state index contributed by atoms with van der Waals surface area (Å²) in [5, 5.41) is 0. The van der Waals surface area contributed by atoms with E-state index in [1.54, 1.807) is 29.6 Å². The number of hydrogen-bond acceptors (Lipinski definition) is 4. The summed E-state index contributed by atoms with van der Waals surface area (Å²) in [6, 6.07) is 13.0. The van der Waals surface area contributed by atoms with Crippen molar-refractivity contribution in [2.24, 2.45) is 0 Å². The van der Waals surface area contributed by atoms with Gasteiger partial charge in [-0.3, -0.25) is 0 Å². The van der Waals surface area contributed by atoms with Crippen molar-refractivity contribution in [3.05, 3.63) is 52.5 Å². The average molecular weight is 425 g/mol. The van der Waals surface area contributed by atoms with Crippen LogP contribution in [0.1, 0.15) is 5.56 Å². The minimum atomic E-state index is -3.46. The van der Waals surface area contributed by atoms with Gasteiger partial charge in [0.15, 0.2) is 0 Å². The summed E-state index contributed by atoms with van der Waals surface area (Å²) in [6.07, 6.45) is 0. The fraction of sp³-hybridized carbons (Fsp3) is 0.333. The summed E-state index contributed by atoms with van der Waals surface area (Å²) in [5.74, 6) is 0.804. The van der Waals surface area contributed by atoms with Gasteiger partial charge in [-0.2, -0.15) is 4.31 Å². The fourth-order valence-electron chi connectivity index (χ4n) is 2.92. The molecule has 0 radical (unpaired) electrons. The van der Waals surface area contributed by atoms with E-state index in [0.717, 1.165) is 21.5 Å². The quantitative estimate of drug-likeness (QED) is 0.755. The van der Waals surface area contributed by atoms with Crippen LogP contribution in [0.3, 0.4) is 0 Å². The molecule has 1 heterocycles. The summed E-state index contributed by atoms with van der Waals surface area (Å²) in [7, 11) is -1.82. The van der Waals surface area contributed by atoms with E-state index in [4.69, 9.17) is 4.74 Å². The Morgan fingerprint density at radius 1 is 1.04 bits per heavy atom. The lowest BCUT2D eigenvalue weighted by atomic mass is 10.2. The minimum Gasteiger partial charge on any atom is -0.497 e. The molecular formula is C18H21BrN2O3S. The Kier molecular flexibility index (Phi) is 5.36. The molecule has 0 atom stereocenters. The number of ether oxygens (including phenoxy) is 1. The van der Waals surface area contributed by atoms with Gasteiger partial charge in [0.2, 0.25) is 10.0 Å². The van der Waals surface area contributed by atoms with Crippen molar-refractivity contribution in [1.82, 2.24) is 4.31 Å². The van der Waals surface area contributed by atoms with Crippen molar-refractivity contribution in [2.75, 3.05) is 38.2 Å². The van der Waals surface area contributed by atoms with Crippen LogP contribution in [0, 0.1) is 6.92 Å². The van der Waals surface area contributed by atoms with Gasteiger partial charge in [-0.1, -0.05) is 22.0 Å². The molecule has 1 fully saturated rings. The molecule has 2 aromatic rings. The Balaban J connectivity index is 1.73. The third-order valence-corrected chi connectivity index (χ3v) is 7.21. The molecular weight excluding hydrogens is 404 g/mol. The maximum Gasteiger partial charge on any atom is 0.243 e. The van der Waals surface area contributed by atoms with Gasteiger partial charge >= 0.3 is 0 Å². The van der Waals surface area contributed by atoms with E-state index in [-0.39, 0.29) is 0 Å². The molecule has 134 valence electrons. The van der Waals surface area contributed by atoms with E-state index in [1.165, 1.54) is 0 Å². The van der Waals surface area contributed by atoms with Crippen molar-refractivity contribution >= 4 is 31.6 Å². The molecule has 0 aromatic heterocycles. The van der Waals surface area contributed by atoms with Crippen molar-refractivity contribution in [1.29, 1.82) is 0 Å². The molecule has 25 heavy (non-hydrogen) atoms. The number of sulfonamides is 1. The number of benzene rings is 2. The molecule has 0 amide bonds. The summed E-state index contributed by atoms with van der Waals surface area (Å²) in [5.41, 5.74) is 1.96. The van der Waals surface area contributed by atoms with Crippen LogP contribution in [0.2, 0.25) is 0 Å². The Morgan fingerprint density at radius 3 is 2.40 bits per heavy atom. The van der Waals surface area contributed by atoms with Crippen LogP contribution in [-0.2, 0) is 10.0 Å². The first kappa shape index (κ1) is 18.2. The molecule has 2 aromatic carbocycles. The van der Waals surface area contributed by atoms with Crippen LogP contribution in [-0.4, -0.2) is 46.0 Å². The largest absolute Gasteiger partial charge is 0.497 e. The number of anilines is 1. The van der Waals surface area contributed by atoms with Crippen molar-refractivity contribution < 1.29 is 13.2 Å². The standard InChI is InChI=1S/C18H21BrN2O3S/c1-14-12-17(6-7-18(14)19)25(22,23)21-10-8-20(9-11-21)15-4-3-5-16(13-15)24-2/h3-7,12-13H,8-11H2,1-2H3. The Labute approximate surface area is 157 Å². The number of piperazine rings is 1. The molecule has 0 saturated carbocycles. The van der Waals surface area contributed by atoms with E-state index in [2.05, 4.69) is 20.8 Å². The van der Waals surface area contributed by atoms with Crippen molar-refractivity contribution in [3.8, 4) is 5.75 Å². The zero-order chi connectivity index (χ0) is 18.0. The van der Waals surface area contributed by atoms with Gasteiger partial charge in [0.1, 0.15) is 5.75 Å². The highest BCUT2D eigenvalue weighted by Gasteiger charge is 2.28. The monoisotopic (exact) mass is 424 g/mol. The molecule has 1 aliphatic heterocycles. The maximum atomic E-state index is 12.9. The van der Waals surface area contributed by atoms with Gasteiger partial charge in [0.25, 0.3) is 0 Å². The molecule has 1 aliphatic rings. The number of aryl methyl sites for hydroxylation is 1. The molecule has 5 nitrogen and oxygen atoms in total. The average Bonchev–Trinajstić information content (AvgIpc) is 2.64. The van der Waals surface area contributed by atoms with E-state index < -0.39 is 10.0 Å². The predicted molar refractivity (Wildman–Crippen MR) is 103 cm³/mol. The molecule has 3 rings (SSSR count). The predicted octanol–water partition coefficient (Wildman–Crippen LogP) is 3.28. The minimum absolute atomic E-state index is 0.350. The molecule has 0 aliphatic carbocycles. The van der Waals surface area contributed by atoms with Crippen molar-refractivity contribution in [2.45, 2.75) is 11.8 Å². The smallest absolute Gasteiger partial charge is 0.243 e. The van der Waals surface area contributed by atoms with Crippen molar-refractivity contribution in [3.63, 3.8) is 0 Å². The van der Waals surface area contributed by atoms with E-state index in [1.807, 2.05) is 31.2 Å². The first-order chi connectivity index (χ1) is 11.9. The lowest BCUT2D eigenvalue weighted by molar-refractivity contribution is 0.384. The molecule has 0 unspecified atom stereocenters. The van der Waals surface area contributed by atoms with Crippen LogP contribution in [0.5, 0.6) is 5.75 Å². The SMILES string of the molecule is COc1cccc(N2CCN(S(=O)(=O)c3ccc(Br)c(C)c3)CC2)c1. The lowest BCUT2D eigenvalue weighted by Gasteiger charge is -2.35. The number of rotatable bonds is 4. The second-order valence-electron chi connectivity index (χ2n) is 6.00. The molecule has 7 heteroatoms. The van der Waals surface area contributed by atoms with Crippen LogP contribution >= 0.6 is 15.9 Å². The highest BCUT2D eigenvalue weighted by Crippen LogP contribution is 2.26. The first-order valence-corrected chi connectivity index (χ1v) is 10.3. The lowest BCUT2D eigenvalue weighted by Crippen LogP contribution is -2.48. The van der Waals surface area contributed by atoms with E-state index in [0.29, 0.717) is 31.1 Å². The van der Waals surface area contributed by atoms with E-state index >= 15 is 0 Å². The third kappa shape index (κ3) is 3.83. The zero-order valence-electron chi connectivity index (χ0n) is 14.3. The second kappa shape index (κ2) is 7.35. The topological polar surface area (TPSA) is 49.9 Å². The normalized spacial score (nSPS) is 16.0. The van der Waals surface area contributed by atoms with Gasteiger partial charge in [-0.25, -0.2) is 8.42 Å². The van der Waals surface area contributed by atoms with Gasteiger partial charge in [-0.15, -0.1) is 0 Å². The maximum absolute atomic E-state index is 12.9. The number of halogens is 1. The summed E-state index contributed by atoms with van der Waals surface area (Å²) >= 11 is 3.41. The van der Waals surface area contributed by atoms with Gasteiger partial charge < -0.3 is 9.64 Å². The van der Waals surface area contributed by atoms with Crippen LogP contribution in [0.15, 0.2) is 51.8 Å². The van der Waals surface area contributed by atoms with Gasteiger partial charge in [0.05, 0.1) is 12.0 Å². The first-order valence-electron chi connectivity index (χ1n) is 8.07. The Bertz CT molecular complexity index is 862. The second-order valence-corrected chi connectivity index (χ2v) is 8.80. The summed E-state index contributed by atoms with van der Waals surface area (Å²) in [4.78, 5) is 2.53. The molecule has 0 bridgehead atoms. The van der Waals surface area contributed by atoms with Crippen LogP contribution in [0.25, 0.3) is 0 Å². The number of hydrogen-bond donors (Lipinski definition) is 0. The van der Waals surface area contributed by atoms with Gasteiger partial charge in [0, 0.05) is 42.4 Å². The molecule has 0 N–H and O–H groups in total. The van der Waals surface area contributed by atoms with Crippen LogP contribution in [0.4, 0.5) is 5.69 Å². The highest BCUT2D eigenvalue weighted by molar-refractivity contribution is 9.10. The Morgan fingerprint density at radius 2 is 1.76 bits per heavy atom. The number of methoxy groups -OCH3 is 1.